The molecule has 1 aliphatic carbocycles. The van der Waals surface area contributed by atoms with Crippen molar-refractivity contribution in [2.75, 3.05) is 5.32 Å². The summed E-state index contributed by atoms with van der Waals surface area (Å²) in [7, 11) is -3.30. The number of hydrogen-bond acceptors (Lipinski definition) is 9. The molecule has 1 saturated carbocycles. The standard InChI is InChI=1S/C18H16N4O4S3/c23-17(21-18-20-8-10-28-18)16(22-26-11-15-19-7-9-27-15)12-1-3-13(4-2-12)29(24,25)14-5-6-14/h1-4,7-10,14H,5-6,11H2,(H,20,21,23)/b22-16+. The molecule has 0 bridgehead atoms. The average Bonchev–Trinajstić information content (AvgIpc) is 3.23. The van der Waals surface area contributed by atoms with Gasteiger partial charge in [-0.15, -0.1) is 22.7 Å². The fourth-order valence-electron chi connectivity index (χ4n) is 2.52. The number of sulfone groups is 1. The molecule has 0 atom stereocenters. The van der Waals surface area contributed by atoms with Crippen molar-refractivity contribution >= 4 is 49.3 Å². The second kappa shape index (κ2) is 8.39. The largest absolute Gasteiger partial charge is 0.388 e. The number of carbonyl (C=O) groups excluding carboxylic acids is 1. The van der Waals surface area contributed by atoms with Crippen LogP contribution in [0.2, 0.25) is 0 Å². The third-order valence-corrected chi connectivity index (χ3v) is 7.83. The highest BCUT2D eigenvalue weighted by Crippen LogP contribution is 2.33. The van der Waals surface area contributed by atoms with Gasteiger partial charge in [-0.25, -0.2) is 18.4 Å². The van der Waals surface area contributed by atoms with E-state index in [1.54, 1.807) is 29.9 Å². The maximum absolute atomic E-state index is 12.7. The predicted octanol–water partition coefficient (Wildman–Crippen LogP) is 3.10. The summed E-state index contributed by atoms with van der Waals surface area (Å²) >= 11 is 2.69. The maximum atomic E-state index is 12.7. The van der Waals surface area contributed by atoms with E-state index < -0.39 is 15.7 Å². The lowest BCUT2D eigenvalue weighted by atomic mass is 10.1. The number of nitrogens with zero attached hydrogens (tertiary/aromatic N) is 3. The normalized spacial score (nSPS) is 14.6. The van der Waals surface area contributed by atoms with E-state index in [0.29, 0.717) is 23.5 Å². The van der Waals surface area contributed by atoms with E-state index in [0.717, 1.165) is 5.01 Å². The number of hydrogen-bond donors (Lipinski definition) is 1. The van der Waals surface area contributed by atoms with Gasteiger partial charge >= 0.3 is 0 Å². The summed E-state index contributed by atoms with van der Waals surface area (Å²) in [5.74, 6) is -0.503. The minimum Gasteiger partial charge on any atom is -0.388 e. The molecule has 2 aromatic heterocycles. The molecule has 2 heterocycles. The van der Waals surface area contributed by atoms with E-state index >= 15 is 0 Å². The first-order valence-electron chi connectivity index (χ1n) is 8.67. The molecule has 1 aromatic carbocycles. The van der Waals surface area contributed by atoms with Gasteiger partial charge in [0.05, 0.1) is 10.1 Å². The quantitative estimate of drug-likeness (QED) is 0.419. The summed E-state index contributed by atoms with van der Waals surface area (Å²) in [5, 5.41) is 11.1. The first-order valence-corrected chi connectivity index (χ1v) is 12.0. The van der Waals surface area contributed by atoms with Crippen LogP contribution in [0.1, 0.15) is 23.4 Å². The summed E-state index contributed by atoms with van der Waals surface area (Å²) in [5.41, 5.74) is 0.458. The third kappa shape index (κ3) is 4.69. The van der Waals surface area contributed by atoms with Crippen LogP contribution in [0.5, 0.6) is 0 Å². The Kier molecular flexibility index (Phi) is 5.69. The van der Waals surface area contributed by atoms with Gasteiger partial charge < -0.3 is 4.84 Å². The van der Waals surface area contributed by atoms with Crippen molar-refractivity contribution in [2.45, 2.75) is 29.6 Å². The minimum absolute atomic E-state index is 0.0205. The molecule has 1 N–H and O–H groups in total. The van der Waals surface area contributed by atoms with Crippen LogP contribution < -0.4 is 5.32 Å². The molecule has 1 amide bonds. The Balaban J connectivity index is 1.57. The van der Waals surface area contributed by atoms with Crippen molar-refractivity contribution in [2.24, 2.45) is 5.16 Å². The number of anilines is 1. The Hall–Kier alpha value is -2.63. The molecule has 0 unspecified atom stereocenters. The van der Waals surface area contributed by atoms with Gasteiger partial charge in [0.1, 0.15) is 5.01 Å². The van der Waals surface area contributed by atoms with E-state index in [9.17, 15) is 13.2 Å². The zero-order valence-corrected chi connectivity index (χ0v) is 17.5. The van der Waals surface area contributed by atoms with Crippen LogP contribution in [-0.4, -0.2) is 35.3 Å². The van der Waals surface area contributed by atoms with Crippen molar-refractivity contribution in [3.8, 4) is 0 Å². The zero-order chi connectivity index (χ0) is 20.3. The van der Waals surface area contributed by atoms with Crippen molar-refractivity contribution in [1.82, 2.24) is 9.97 Å². The number of oxime groups is 1. The molecule has 1 fully saturated rings. The SMILES string of the molecule is O=C(Nc1nccs1)/C(=N/OCc1nccs1)c1ccc(S(=O)(=O)C2CC2)cc1. The lowest BCUT2D eigenvalue weighted by Crippen LogP contribution is -2.24. The Morgan fingerprint density at radius 3 is 2.48 bits per heavy atom. The van der Waals surface area contributed by atoms with Gasteiger partial charge in [-0.3, -0.25) is 10.1 Å². The number of rotatable bonds is 8. The minimum atomic E-state index is -3.30. The second-order valence-electron chi connectivity index (χ2n) is 6.20. The second-order valence-corrected chi connectivity index (χ2v) is 10.3. The Bertz CT molecular complexity index is 1100. The van der Waals surface area contributed by atoms with E-state index in [1.165, 1.54) is 34.8 Å². The Morgan fingerprint density at radius 2 is 1.86 bits per heavy atom. The maximum Gasteiger partial charge on any atom is 0.280 e. The van der Waals surface area contributed by atoms with Crippen molar-refractivity contribution in [1.29, 1.82) is 0 Å². The summed E-state index contributed by atoms with van der Waals surface area (Å²) < 4.78 is 24.8. The highest BCUT2D eigenvalue weighted by Gasteiger charge is 2.36. The van der Waals surface area contributed by atoms with Crippen LogP contribution in [0.3, 0.4) is 0 Å². The zero-order valence-electron chi connectivity index (χ0n) is 15.0. The average molecular weight is 449 g/mol. The molecule has 29 heavy (non-hydrogen) atoms. The van der Waals surface area contributed by atoms with Gasteiger partial charge in [0.15, 0.2) is 27.3 Å². The molecular weight excluding hydrogens is 432 g/mol. The van der Waals surface area contributed by atoms with Gasteiger partial charge in [0, 0.05) is 28.7 Å². The highest BCUT2D eigenvalue weighted by atomic mass is 32.2. The molecular formula is C18H16N4O4S3. The smallest absolute Gasteiger partial charge is 0.280 e. The van der Waals surface area contributed by atoms with Gasteiger partial charge in [-0.05, 0) is 25.0 Å². The first kappa shape index (κ1) is 19.7. The fourth-order valence-corrected chi connectivity index (χ4v) is 5.22. The van der Waals surface area contributed by atoms with Crippen LogP contribution >= 0.6 is 22.7 Å². The highest BCUT2D eigenvalue weighted by molar-refractivity contribution is 7.92. The van der Waals surface area contributed by atoms with Crippen molar-refractivity contribution in [3.05, 3.63) is 58.0 Å². The number of carbonyl (C=O) groups is 1. The van der Waals surface area contributed by atoms with Crippen molar-refractivity contribution in [3.63, 3.8) is 0 Å². The van der Waals surface area contributed by atoms with Crippen LogP contribution in [0.25, 0.3) is 0 Å². The number of aromatic nitrogens is 2. The Morgan fingerprint density at radius 1 is 1.14 bits per heavy atom. The monoisotopic (exact) mass is 448 g/mol. The van der Waals surface area contributed by atoms with Gasteiger partial charge in [-0.1, -0.05) is 17.3 Å². The summed E-state index contributed by atoms with van der Waals surface area (Å²) in [4.78, 5) is 26.4. The molecule has 3 aromatic rings. The van der Waals surface area contributed by atoms with Crippen LogP contribution in [0.15, 0.2) is 57.5 Å². The molecule has 0 spiro atoms. The van der Waals surface area contributed by atoms with Gasteiger partial charge in [0.2, 0.25) is 0 Å². The number of nitrogens with one attached hydrogen (secondary N) is 1. The Labute approximate surface area is 175 Å². The fraction of sp³-hybridized carbons (Fsp3) is 0.222. The van der Waals surface area contributed by atoms with Crippen molar-refractivity contribution < 1.29 is 18.0 Å². The van der Waals surface area contributed by atoms with E-state index in [2.05, 4.69) is 20.4 Å². The molecule has 8 nitrogen and oxygen atoms in total. The summed E-state index contributed by atoms with van der Waals surface area (Å²) in [6.45, 7) is 0.125. The summed E-state index contributed by atoms with van der Waals surface area (Å²) in [6, 6.07) is 6.11. The molecule has 0 aliphatic heterocycles. The lowest BCUT2D eigenvalue weighted by Gasteiger charge is -2.08. The van der Waals surface area contributed by atoms with E-state index in [4.69, 9.17) is 4.84 Å². The summed E-state index contributed by atoms with van der Waals surface area (Å²) in [6.07, 6.45) is 4.62. The topological polar surface area (TPSA) is 111 Å². The molecule has 150 valence electrons. The number of amides is 1. The third-order valence-electron chi connectivity index (χ3n) is 4.11. The predicted molar refractivity (Wildman–Crippen MR) is 111 cm³/mol. The molecule has 1 aliphatic rings. The first-order chi connectivity index (χ1) is 14.0. The van der Waals surface area contributed by atoms with Crippen LogP contribution in [-0.2, 0) is 26.1 Å². The molecule has 0 radical (unpaired) electrons. The van der Waals surface area contributed by atoms with Crippen LogP contribution in [0, 0.1) is 0 Å². The molecule has 11 heteroatoms. The molecule has 0 saturated heterocycles. The lowest BCUT2D eigenvalue weighted by molar-refractivity contribution is -0.110. The van der Waals surface area contributed by atoms with E-state index in [-0.39, 0.29) is 22.5 Å². The number of benzene rings is 1. The van der Waals surface area contributed by atoms with Gasteiger partial charge in [0.25, 0.3) is 5.91 Å². The number of thiazole rings is 2. The van der Waals surface area contributed by atoms with Gasteiger partial charge in [-0.2, -0.15) is 0 Å². The molecule has 4 rings (SSSR count). The van der Waals surface area contributed by atoms with Crippen LogP contribution in [0.4, 0.5) is 5.13 Å². The van der Waals surface area contributed by atoms with E-state index in [1.807, 2.05) is 5.38 Å².